The Balaban J connectivity index is 0. The van der Waals surface area contributed by atoms with Crippen molar-refractivity contribution in [3.8, 4) is 0 Å². The molecule has 0 bridgehead atoms. The third-order valence-electron chi connectivity index (χ3n) is 6.36. The minimum absolute atomic E-state index is 0. The Morgan fingerprint density at radius 3 is 2.07 bits per heavy atom. The number of hydrogen-bond acceptors (Lipinski definition) is 7. The van der Waals surface area contributed by atoms with Crippen molar-refractivity contribution in [3.63, 3.8) is 0 Å². The summed E-state index contributed by atoms with van der Waals surface area (Å²) in [5.74, 6) is -1.02. The van der Waals surface area contributed by atoms with E-state index >= 15 is 0 Å². The maximum Gasteiger partial charge on any atom is 1.00 e. The van der Waals surface area contributed by atoms with Crippen LogP contribution in [0.25, 0.3) is 0 Å². The molecule has 0 saturated heterocycles. The van der Waals surface area contributed by atoms with Crippen LogP contribution in [0.3, 0.4) is 0 Å². The average molecular weight is 648 g/mol. The van der Waals surface area contributed by atoms with Crippen molar-refractivity contribution < 1.29 is 105 Å². The first-order valence-corrected chi connectivity index (χ1v) is 16.6. The van der Waals surface area contributed by atoms with E-state index in [0.29, 0.717) is 17.0 Å². The molecular weight excluding hydrogens is 614 g/mol. The largest absolute Gasteiger partial charge is 1.00 e. The van der Waals surface area contributed by atoms with E-state index in [1.807, 2.05) is 30.3 Å². The Morgan fingerprint density at radius 2 is 1.49 bits per heavy atom. The summed E-state index contributed by atoms with van der Waals surface area (Å²) in [4.78, 5) is -0.350. The predicted octanol–water partition coefficient (Wildman–Crippen LogP) is -2.35. The molecule has 4 N–H and O–H groups in total. The van der Waals surface area contributed by atoms with Gasteiger partial charge in [-0.05, 0) is 50.1 Å². The van der Waals surface area contributed by atoms with Gasteiger partial charge in [-0.3, -0.25) is 13.7 Å². The average Bonchev–Trinajstić information content (AvgIpc) is 3.05. The summed E-state index contributed by atoms with van der Waals surface area (Å²) in [5.41, 5.74) is 1.52. The van der Waals surface area contributed by atoms with E-state index in [0.717, 1.165) is 5.69 Å². The molecule has 0 radical (unpaired) electrons. The summed E-state index contributed by atoms with van der Waals surface area (Å²) in [6, 6.07) is 13.4. The van der Waals surface area contributed by atoms with Crippen LogP contribution in [0.1, 0.15) is 34.6 Å². The number of hydrogen-bond donors (Lipinski definition) is 4. The number of para-hydroxylation sites is 1. The summed E-state index contributed by atoms with van der Waals surface area (Å²) >= 11 is 0. The van der Waals surface area contributed by atoms with Crippen LogP contribution in [-0.4, -0.2) is 67.2 Å². The van der Waals surface area contributed by atoms with E-state index in [1.165, 1.54) is 18.2 Å². The van der Waals surface area contributed by atoms with E-state index in [-0.39, 0.29) is 92.7 Å². The molecule has 41 heavy (non-hydrogen) atoms. The zero-order valence-electron chi connectivity index (χ0n) is 25.1. The number of nitrogens with one attached hydrogen (secondary N) is 1. The van der Waals surface area contributed by atoms with Crippen LogP contribution in [0, 0.1) is 0 Å². The van der Waals surface area contributed by atoms with Gasteiger partial charge in [0.15, 0.2) is 5.71 Å². The zero-order valence-corrected chi connectivity index (χ0v) is 29.6. The summed E-state index contributed by atoms with van der Waals surface area (Å²) in [5, 5.41) is 3.11. The number of benzene rings is 2. The van der Waals surface area contributed by atoms with Crippen LogP contribution >= 0.6 is 0 Å². The molecule has 11 nitrogen and oxygen atoms in total. The topological polar surface area (TPSA) is 178 Å². The van der Waals surface area contributed by atoms with Crippen LogP contribution < -0.4 is 64.4 Å². The van der Waals surface area contributed by atoms with E-state index in [1.54, 1.807) is 35.9 Å². The minimum Gasteiger partial charge on any atom is -1.00 e. The fourth-order valence-corrected chi connectivity index (χ4v) is 6.10. The van der Waals surface area contributed by atoms with Gasteiger partial charge >= 0.3 is 59.1 Å². The second-order valence-corrected chi connectivity index (χ2v) is 13.8. The van der Waals surface area contributed by atoms with Crippen LogP contribution in [-0.2, 0) is 35.8 Å². The number of anilines is 1. The first-order valence-electron chi connectivity index (χ1n) is 11.9. The van der Waals surface area contributed by atoms with Crippen molar-refractivity contribution in [1.82, 2.24) is 0 Å². The Morgan fingerprint density at radius 1 is 0.878 bits per heavy atom. The van der Waals surface area contributed by atoms with Gasteiger partial charge in [0, 0.05) is 36.0 Å². The SMILES string of the molecule is CC1(CCCS(=O)(=O)O)C(/C=C/C=C/Nc2ccccc2)=[N+](CCCS(=O)(=O)O)c2ccc(S(=O)(=O)O)cc21.[H-].[H-].[Na+].[Na+]. The summed E-state index contributed by atoms with van der Waals surface area (Å²) < 4.78 is 99.1. The van der Waals surface area contributed by atoms with Gasteiger partial charge in [-0.2, -0.15) is 29.8 Å². The maximum absolute atomic E-state index is 11.9. The number of fused-ring (bicyclic) bond motifs is 1. The smallest absolute Gasteiger partial charge is 1.00 e. The van der Waals surface area contributed by atoms with Crippen LogP contribution in [0.2, 0.25) is 0 Å². The molecule has 1 heterocycles. The first kappa shape index (κ1) is 38.1. The Bertz CT molecular complexity index is 1640. The molecule has 1 atom stereocenters. The molecular formula is C25H33N2Na2O9S3+. The standard InChI is InChI=1S/C25H30N2O9S3.2Na.2H/c1-25(14-7-17-37(28,29)30)22-19-21(39(34,35)36)12-13-23(22)27(16-8-18-38(31,32)33)24(25)11-5-6-15-26-20-9-3-2-4-10-20;;;;/h2-6,9-13,15,19H,7-8,14,16-18H2,1H3,(H3,28,29,30,31,32,33,34,35,36);;;;/q;2*+1;2*-1/p+1. The van der Waals surface area contributed by atoms with Crippen molar-refractivity contribution >= 4 is 47.4 Å². The number of rotatable bonds is 13. The van der Waals surface area contributed by atoms with Gasteiger partial charge in [0.05, 0.1) is 21.8 Å². The van der Waals surface area contributed by atoms with E-state index < -0.39 is 47.3 Å². The Hall–Kier alpha value is -0.880. The molecule has 1 aliphatic rings. The van der Waals surface area contributed by atoms with Gasteiger partial charge in [-0.15, -0.1) is 0 Å². The molecule has 0 aliphatic carbocycles. The van der Waals surface area contributed by atoms with E-state index in [2.05, 4.69) is 5.32 Å². The first-order chi connectivity index (χ1) is 18.1. The molecule has 2 aromatic rings. The van der Waals surface area contributed by atoms with Crippen molar-refractivity contribution in [2.45, 2.75) is 36.5 Å². The van der Waals surface area contributed by atoms with Gasteiger partial charge in [-0.1, -0.05) is 24.3 Å². The van der Waals surface area contributed by atoms with Crippen LogP contribution in [0.5, 0.6) is 0 Å². The predicted molar refractivity (Wildman–Crippen MR) is 151 cm³/mol. The van der Waals surface area contributed by atoms with Crippen LogP contribution in [0.4, 0.5) is 11.4 Å². The maximum atomic E-state index is 11.9. The molecule has 216 valence electrons. The molecule has 0 amide bonds. The van der Waals surface area contributed by atoms with Crippen molar-refractivity contribution in [2.75, 3.05) is 23.4 Å². The Kier molecular flexibility index (Phi) is 14.6. The molecule has 0 saturated carbocycles. The molecule has 0 spiro atoms. The molecule has 0 fully saturated rings. The van der Waals surface area contributed by atoms with Gasteiger partial charge < -0.3 is 8.17 Å². The fraction of sp³-hybridized carbons (Fsp3) is 0.320. The number of allylic oxidation sites excluding steroid dienone is 3. The van der Waals surface area contributed by atoms with Gasteiger partial charge in [0.2, 0.25) is 5.69 Å². The normalized spacial score (nSPS) is 17.4. The summed E-state index contributed by atoms with van der Waals surface area (Å²) in [6.45, 7) is 1.91. The van der Waals surface area contributed by atoms with Gasteiger partial charge in [-0.25, -0.2) is 0 Å². The molecule has 16 heteroatoms. The van der Waals surface area contributed by atoms with E-state index in [9.17, 15) is 38.9 Å². The molecule has 1 aliphatic heterocycles. The fourth-order valence-electron chi connectivity index (χ4n) is 4.59. The summed E-state index contributed by atoms with van der Waals surface area (Å²) in [7, 11) is -13.0. The third kappa shape index (κ3) is 11.3. The van der Waals surface area contributed by atoms with Gasteiger partial charge in [0.1, 0.15) is 6.54 Å². The summed E-state index contributed by atoms with van der Waals surface area (Å²) in [6.07, 6.45) is 7.14. The second kappa shape index (κ2) is 15.7. The zero-order chi connectivity index (χ0) is 28.9. The quantitative estimate of drug-likeness (QED) is 0.0797. The molecule has 1 unspecified atom stereocenters. The molecule has 2 aromatic carbocycles. The van der Waals surface area contributed by atoms with Crippen molar-refractivity contribution in [1.29, 1.82) is 0 Å². The molecule has 0 aromatic heterocycles. The second-order valence-electron chi connectivity index (χ2n) is 9.28. The molecule has 3 rings (SSSR count). The third-order valence-corrected chi connectivity index (χ3v) is 8.81. The van der Waals surface area contributed by atoms with E-state index in [4.69, 9.17) is 0 Å². The number of nitrogens with zero attached hydrogens (tertiary/aromatic N) is 1. The van der Waals surface area contributed by atoms with Crippen molar-refractivity contribution in [3.05, 3.63) is 78.5 Å². The monoisotopic (exact) mass is 647 g/mol. The Labute approximate surface area is 288 Å². The van der Waals surface area contributed by atoms with Gasteiger partial charge in [0.25, 0.3) is 30.4 Å². The minimum atomic E-state index is -4.55. The van der Waals surface area contributed by atoms with Crippen LogP contribution in [0.15, 0.2) is 77.9 Å². The van der Waals surface area contributed by atoms with Crippen molar-refractivity contribution in [2.24, 2.45) is 0 Å².